The highest BCUT2D eigenvalue weighted by atomic mass is 16.2. The normalized spacial score (nSPS) is 33.1. The Morgan fingerprint density at radius 1 is 1.33 bits per heavy atom. The molecule has 2 saturated heterocycles. The smallest absolute Gasteiger partial charge is 0.226 e. The molecule has 2 atom stereocenters. The first kappa shape index (κ1) is 10.9. The Kier molecular flexibility index (Phi) is 3.59. The van der Waals surface area contributed by atoms with E-state index in [1.165, 1.54) is 6.42 Å². The van der Waals surface area contributed by atoms with Crippen molar-refractivity contribution in [3.8, 4) is 0 Å². The summed E-state index contributed by atoms with van der Waals surface area (Å²) in [5.41, 5.74) is 0. The van der Waals surface area contributed by atoms with Crippen LogP contribution in [-0.4, -0.2) is 50.1 Å². The molecule has 2 aliphatic rings. The maximum absolute atomic E-state index is 12.0. The summed E-state index contributed by atoms with van der Waals surface area (Å²) in [6, 6.07) is 0. The van der Waals surface area contributed by atoms with Gasteiger partial charge in [-0.2, -0.15) is 0 Å². The fraction of sp³-hybridized carbons (Fsp3) is 0.909. The van der Waals surface area contributed by atoms with Gasteiger partial charge >= 0.3 is 0 Å². The highest BCUT2D eigenvalue weighted by Gasteiger charge is 2.26. The first-order valence-electron chi connectivity index (χ1n) is 5.97. The van der Waals surface area contributed by atoms with Crippen molar-refractivity contribution in [3.05, 3.63) is 0 Å². The topological polar surface area (TPSA) is 44.4 Å². The number of nitrogens with one attached hydrogen (secondary N) is 2. The molecular weight excluding hydrogens is 190 g/mol. The Labute approximate surface area is 91.4 Å². The molecule has 2 unspecified atom stereocenters. The highest BCUT2D eigenvalue weighted by Crippen LogP contribution is 2.13. The van der Waals surface area contributed by atoms with E-state index in [1.807, 2.05) is 11.8 Å². The van der Waals surface area contributed by atoms with Crippen molar-refractivity contribution < 1.29 is 4.79 Å². The monoisotopic (exact) mass is 211 g/mol. The Bertz CT molecular complexity index is 226. The van der Waals surface area contributed by atoms with E-state index in [1.54, 1.807) is 0 Å². The number of rotatable bonds is 2. The molecule has 86 valence electrons. The Balaban J connectivity index is 1.90. The summed E-state index contributed by atoms with van der Waals surface area (Å²) in [4.78, 5) is 14.0. The molecule has 1 amide bonds. The zero-order chi connectivity index (χ0) is 10.7. The van der Waals surface area contributed by atoms with E-state index < -0.39 is 0 Å². The third-order valence-corrected chi connectivity index (χ3v) is 3.38. The maximum atomic E-state index is 12.0. The molecule has 4 heteroatoms. The predicted molar refractivity (Wildman–Crippen MR) is 59.6 cm³/mol. The summed E-state index contributed by atoms with van der Waals surface area (Å²) < 4.78 is 0. The van der Waals surface area contributed by atoms with Crippen LogP contribution < -0.4 is 10.6 Å². The van der Waals surface area contributed by atoms with Crippen LogP contribution in [-0.2, 0) is 4.79 Å². The average Bonchev–Trinajstić information content (AvgIpc) is 2.68. The second kappa shape index (κ2) is 4.94. The predicted octanol–water partition coefficient (Wildman–Crippen LogP) is -0.336. The Morgan fingerprint density at radius 3 is 2.87 bits per heavy atom. The summed E-state index contributed by atoms with van der Waals surface area (Å²) >= 11 is 0. The van der Waals surface area contributed by atoms with Crippen LogP contribution in [0.2, 0.25) is 0 Å². The SMILES string of the molecule is CC1CNCCN(CC2CCNC2)C1=O. The minimum absolute atomic E-state index is 0.141. The van der Waals surface area contributed by atoms with E-state index in [0.29, 0.717) is 11.8 Å². The third kappa shape index (κ3) is 2.69. The number of carbonyl (C=O) groups excluding carboxylic acids is 1. The van der Waals surface area contributed by atoms with Crippen LogP contribution in [0.15, 0.2) is 0 Å². The van der Waals surface area contributed by atoms with Crippen LogP contribution >= 0.6 is 0 Å². The fourth-order valence-corrected chi connectivity index (χ4v) is 2.40. The minimum Gasteiger partial charge on any atom is -0.341 e. The van der Waals surface area contributed by atoms with Crippen molar-refractivity contribution in [1.29, 1.82) is 0 Å². The standard InChI is InChI=1S/C11H21N3O/c1-9-6-13-4-5-14(11(9)15)8-10-2-3-12-7-10/h9-10,12-13H,2-8H2,1H3. The molecule has 0 aliphatic carbocycles. The van der Waals surface area contributed by atoms with Crippen molar-refractivity contribution in [1.82, 2.24) is 15.5 Å². The second-order valence-electron chi connectivity index (χ2n) is 4.75. The van der Waals surface area contributed by atoms with Crippen LogP contribution in [0.25, 0.3) is 0 Å². The van der Waals surface area contributed by atoms with E-state index in [4.69, 9.17) is 0 Å². The molecule has 0 aromatic carbocycles. The maximum Gasteiger partial charge on any atom is 0.226 e. The number of nitrogens with zero attached hydrogens (tertiary/aromatic N) is 1. The van der Waals surface area contributed by atoms with E-state index in [0.717, 1.165) is 39.3 Å². The molecule has 15 heavy (non-hydrogen) atoms. The zero-order valence-corrected chi connectivity index (χ0v) is 9.46. The molecule has 0 saturated carbocycles. The van der Waals surface area contributed by atoms with Gasteiger partial charge in [-0.25, -0.2) is 0 Å². The molecule has 0 bridgehead atoms. The minimum atomic E-state index is 0.141. The molecule has 0 aromatic rings. The summed E-state index contributed by atoms with van der Waals surface area (Å²) in [6.07, 6.45) is 1.21. The van der Waals surface area contributed by atoms with Crippen LogP contribution in [0.1, 0.15) is 13.3 Å². The molecule has 2 aliphatic heterocycles. The van der Waals surface area contributed by atoms with Gasteiger partial charge in [-0.15, -0.1) is 0 Å². The highest BCUT2D eigenvalue weighted by molar-refractivity contribution is 5.79. The van der Waals surface area contributed by atoms with Crippen LogP contribution in [0.5, 0.6) is 0 Å². The second-order valence-corrected chi connectivity index (χ2v) is 4.75. The number of hydrogen-bond acceptors (Lipinski definition) is 3. The first-order chi connectivity index (χ1) is 7.27. The summed E-state index contributed by atoms with van der Waals surface area (Å²) in [7, 11) is 0. The van der Waals surface area contributed by atoms with Crippen molar-refractivity contribution in [3.63, 3.8) is 0 Å². The molecule has 2 heterocycles. The molecular formula is C11H21N3O. The van der Waals surface area contributed by atoms with Gasteiger partial charge in [-0.3, -0.25) is 4.79 Å². The van der Waals surface area contributed by atoms with Gasteiger partial charge in [0.1, 0.15) is 0 Å². The van der Waals surface area contributed by atoms with Crippen molar-refractivity contribution in [2.45, 2.75) is 13.3 Å². The van der Waals surface area contributed by atoms with Crippen LogP contribution in [0.3, 0.4) is 0 Å². The largest absolute Gasteiger partial charge is 0.341 e. The lowest BCUT2D eigenvalue weighted by Gasteiger charge is -2.25. The quantitative estimate of drug-likeness (QED) is 0.657. The van der Waals surface area contributed by atoms with Gasteiger partial charge in [-0.1, -0.05) is 6.92 Å². The van der Waals surface area contributed by atoms with Gasteiger partial charge in [0.05, 0.1) is 0 Å². The van der Waals surface area contributed by atoms with Gasteiger partial charge < -0.3 is 15.5 Å². The molecule has 0 aromatic heterocycles. The van der Waals surface area contributed by atoms with Gasteiger partial charge in [0.25, 0.3) is 0 Å². The molecule has 2 fully saturated rings. The average molecular weight is 211 g/mol. The lowest BCUT2D eigenvalue weighted by molar-refractivity contribution is -0.134. The van der Waals surface area contributed by atoms with Crippen molar-refractivity contribution in [2.75, 3.05) is 39.3 Å². The van der Waals surface area contributed by atoms with Crippen LogP contribution in [0, 0.1) is 11.8 Å². The van der Waals surface area contributed by atoms with Gasteiger partial charge in [0.2, 0.25) is 5.91 Å². The zero-order valence-electron chi connectivity index (χ0n) is 9.46. The fourth-order valence-electron chi connectivity index (χ4n) is 2.40. The Hall–Kier alpha value is -0.610. The van der Waals surface area contributed by atoms with Crippen molar-refractivity contribution in [2.24, 2.45) is 11.8 Å². The van der Waals surface area contributed by atoms with E-state index >= 15 is 0 Å². The Morgan fingerprint density at radius 2 is 2.13 bits per heavy atom. The van der Waals surface area contributed by atoms with E-state index in [-0.39, 0.29) is 5.92 Å². The molecule has 2 rings (SSSR count). The number of hydrogen-bond donors (Lipinski definition) is 2. The summed E-state index contributed by atoms with van der Waals surface area (Å²) in [5.74, 6) is 1.13. The van der Waals surface area contributed by atoms with Gasteiger partial charge in [-0.05, 0) is 25.4 Å². The molecule has 4 nitrogen and oxygen atoms in total. The van der Waals surface area contributed by atoms with Gasteiger partial charge in [0, 0.05) is 32.1 Å². The lowest BCUT2D eigenvalue weighted by Crippen LogP contribution is -2.39. The number of carbonyl (C=O) groups is 1. The summed E-state index contributed by atoms with van der Waals surface area (Å²) in [6.45, 7) is 7.79. The van der Waals surface area contributed by atoms with E-state index in [2.05, 4.69) is 10.6 Å². The lowest BCUT2D eigenvalue weighted by atomic mass is 10.1. The van der Waals surface area contributed by atoms with Crippen LogP contribution in [0.4, 0.5) is 0 Å². The third-order valence-electron chi connectivity index (χ3n) is 3.38. The molecule has 0 radical (unpaired) electrons. The first-order valence-corrected chi connectivity index (χ1v) is 5.97. The molecule has 2 N–H and O–H groups in total. The van der Waals surface area contributed by atoms with Crippen molar-refractivity contribution >= 4 is 5.91 Å². The number of amides is 1. The molecule has 0 spiro atoms. The van der Waals surface area contributed by atoms with Gasteiger partial charge in [0.15, 0.2) is 0 Å². The summed E-state index contributed by atoms with van der Waals surface area (Å²) in [5, 5.41) is 6.65. The van der Waals surface area contributed by atoms with E-state index in [9.17, 15) is 4.79 Å².